The predicted molar refractivity (Wildman–Crippen MR) is 88.2 cm³/mol. The summed E-state index contributed by atoms with van der Waals surface area (Å²) in [6, 6.07) is 0. The third-order valence-corrected chi connectivity index (χ3v) is 5.65. The summed E-state index contributed by atoms with van der Waals surface area (Å²) in [5.41, 5.74) is -3.84. The fourth-order valence-corrected chi connectivity index (χ4v) is 4.29. The standard InChI is InChI=1S/C17H26O11/c1-7(19)4-16(24)5-9(20)17(25)2-3-26-15(13(16)17)28-14-12(23)11(22)10(21)8(6-18)27-14/h2-3,8-15,18,20-25H,4-6H2,1H3/t8-,9-,10-,11+,12-,13-,14+,15+,16+,17-/m1/s1. The van der Waals surface area contributed by atoms with Crippen LogP contribution in [0.15, 0.2) is 12.3 Å². The zero-order valence-corrected chi connectivity index (χ0v) is 15.2. The summed E-state index contributed by atoms with van der Waals surface area (Å²) in [7, 11) is 0. The van der Waals surface area contributed by atoms with Gasteiger partial charge in [-0.05, 0) is 13.0 Å². The van der Waals surface area contributed by atoms with Gasteiger partial charge in [-0.25, -0.2) is 0 Å². The van der Waals surface area contributed by atoms with Crippen LogP contribution in [0, 0.1) is 5.92 Å². The zero-order chi connectivity index (χ0) is 20.9. The molecule has 0 bridgehead atoms. The first-order chi connectivity index (χ1) is 13.0. The Bertz CT molecular complexity index is 624. The van der Waals surface area contributed by atoms with Gasteiger partial charge in [0.1, 0.15) is 35.8 Å². The second-order valence-electron chi connectivity index (χ2n) is 7.71. The zero-order valence-electron chi connectivity index (χ0n) is 15.2. The van der Waals surface area contributed by atoms with Crippen LogP contribution in [0.5, 0.6) is 0 Å². The second-order valence-corrected chi connectivity index (χ2v) is 7.71. The second kappa shape index (κ2) is 7.59. The maximum atomic E-state index is 11.6. The molecule has 2 fully saturated rings. The van der Waals surface area contributed by atoms with Crippen molar-refractivity contribution in [3.05, 3.63) is 12.3 Å². The minimum Gasteiger partial charge on any atom is -0.472 e. The Morgan fingerprint density at radius 3 is 2.43 bits per heavy atom. The maximum Gasteiger partial charge on any atom is 0.210 e. The summed E-state index contributed by atoms with van der Waals surface area (Å²) in [5.74, 6) is -1.71. The summed E-state index contributed by atoms with van der Waals surface area (Å²) in [6.45, 7) is 0.575. The Morgan fingerprint density at radius 1 is 1.14 bits per heavy atom. The van der Waals surface area contributed by atoms with E-state index in [4.69, 9.17) is 14.2 Å². The molecule has 160 valence electrons. The highest BCUT2D eigenvalue weighted by molar-refractivity contribution is 5.76. The highest BCUT2D eigenvalue weighted by Gasteiger charge is 2.66. The molecule has 2 heterocycles. The molecule has 11 heteroatoms. The van der Waals surface area contributed by atoms with Gasteiger partial charge in [0.05, 0.1) is 30.5 Å². The Kier molecular flexibility index (Phi) is 5.85. The average Bonchev–Trinajstić information content (AvgIpc) is 2.81. The van der Waals surface area contributed by atoms with Crippen molar-refractivity contribution < 1.29 is 54.8 Å². The van der Waals surface area contributed by atoms with Crippen molar-refractivity contribution in [1.82, 2.24) is 0 Å². The molecule has 3 rings (SSSR count). The molecular weight excluding hydrogens is 380 g/mol. The molecular formula is C17H26O11. The van der Waals surface area contributed by atoms with Crippen molar-refractivity contribution in [1.29, 1.82) is 0 Å². The molecule has 2 aliphatic heterocycles. The molecule has 1 saturated carbocycles. The Morgan fingerprint density at radius 2 is 1.82 bits per heavy atom. The lowest BCUT2D eigenvalue weighted by Gasteiger charge is -2.45. The van der Waals surface area contributed by atoms with Gasteiger partial charge in [-0.15, -0.1) is 0 Å². The SMILES string of the molecule is CC(=O)C[C@]1(O)C[C@@H](O)[C@]2(O)C=CO[C@@H](O[C@@H]3O[C@H](CO)[C@@H](O)[C@H](O)[C@H]3O)[C@H]12. The monoisotopic (exact) mass is 406 g/mol. The average molecular weight is 406 g/mol. The van der Waals surface area contributed by atoms with Gasteiger partial charge in [0.25, 0.3) is 0 Å². The van der Waals surface area contributed by atoms with Crippen molar-refractivity contribution in [3.8, 4) is 0 Å². The van der Waals surface area contributed by atoms with Crippen LogP contribution in [0.4, 0.5) is 0 Å². The van der Waals surface area contributed by atoms with Gasteiger partial charge >= 0.3 is 0 Å². The summed E-state index contributed by atoms with van der Waals surface area (Å²) in [6.07, 6.45) is -9.23. The lowest BCUT2D eigenvalue weighted by atomic mass is 9.78. The first-order valence-electron chi connectivity index (χ1n) is 8.95. The molecule has 1 saturated heterocycles. The van der Waals surface area contributed by atoms with E-state index in [2.05, 4.69) is 0 Å². The van der Waals surface area contributed by atoms with Gasteiger partial charge in [0, 0.05) is 12.8 Å². The molecule has 0 radical (unpaired) electrons. The number of rotatable bonds is 5. The Balaban J connectivity index is 1.87. The van der Waals surface area contributed by atoms with Crippen molar-refractivity contribution in [3.63, 3.8) is 0 Å². The van der Waals surface area contributed by atoms with E-state index in [1.54, 1.807) is 0 Å². The molecule has 28 heavy (non-hydrogen) atoms. The van der Waals surface area contributed by atoms with Gasteiger partial charge in [-0.3, -0.25) is 4.79 Å². The number of ketones is 1. The molecule has 0 spiro atoms. The van der Waals surface area contributed by atoms with Crippen LogP contribution in [0.25, 0.3) is 0 Å². The van der Waals surface area contributed by atoms with E-state index >= 15 is 0 Å². The first kappa shape index (κ1) is 21.6. The van der Waals surface area contributed by atoms with Gasteiger partial charge in [-0.2, -0.15) is 0 Å². The number of fused-ring (bicyclic) bond motifs is 1. The largest absolute Gasteiger partial charge is 0.472 e. The number of carbonyl (C=O) groups is 1. The number of hydrogen-bond donors (Lipinski definition) is 7. The third-order valence-electron chi connectivity index (χ3n) is 5.65. The predicted octanol–water partition coefficient (Wildman–Crippen LogP) is -3.50. The van der Waals surface area contributed by atoms with E-state index in [0.717, 1.165) is 12.3 Å². The number of aliphatic hydroxyl groups excluding tert-OH is 5. The van der Waals surface area contributed by atoms with E-state index in [0.29, 0.717) is 0 Å². The number of Topliss-reactive ketones (excluding diaryl/α,β-unsaturated/α-hetero) is 1. The summed E-state index contributed by atoms with van der Waals surface area (Å²) in [4.78, 5) is 11.6. The van der Waals surface area contributed by atoms with Crippen LogP contribution in [-0.2, 0) is 19.0 Å². The van der Waals surface area contributed by atoms with Crippen molar-refractivity contribution >= 4 is 5.78 Å². The molecule has 3 aliphatic rings. The van der Waals surface area contributed by atoms with Gasteiger partial charge in [-0.1, -0.05) is 0 Å². The van der Waals surface area contributed by atoms with Gasteiger partial charge in [0.15, 0.2) is 6.29 Å². The Labute approximate surface area is 160 Å². The third kappa shape index (κ3) is 3.47. The van der Waals surface area contributed by atoms with Crippen LogP contribution in [0.1, 0.15) is 19.8 Å². The van der Waals surface area contributed by atoms with E-state index in [-0.39, 0.29) is 18.6 Å². The van der Waals surface area contributed by atoms with Crippen LogP contribution >= 0.6 is 0 Å². The van der Waals surface area contributed by atoms with Crippen molar-refractivity contribution in [2.75, 3.05) is 6.61 Å². The number of ether oxygens (including phenoxy) is 3. The fourth-order valence-electron chi connectivity index (χ4n) is 4.29. The molecule has 0 unspecified atom stereocenters. The number of aliphatic hydroxyl groups is 7. The molecule has 10 atom stereocenters. The minimum absolute atomic E-state index is 0.323. The molecule has 7 N–H and O–H groups in total. The van der Waals surface area contributed by atoms with Crippen molar-refractivity contribution in [2.24, 2.45) is 5.92 Å². The molecule has 0 aromatic heterocycles. The molecule has 1 aliphatic carbocycles. The normalized spacial score (nSPS) is 50.9. The molecule has 0 aromatic rings. The van der Waals surface area contributed by atoms with E-state index in [9.17, 15) is 40.5 Å². The first-order valence-corrected chi connectivity index (χ1v) is 8.95. The maximum absolute atomic E-state index is 11.6. The smallest absolute Gasteiger partial charge is 0.210 e. The summed E-state index contributed by atoms with van der Waals surface area (Å²) in [5, 5.41) is 71.3. The van der Waals surface area contributed by atoms with Crippen LogP contribution in [-0.4, -0.2) is 102 Å². The van der Waals surface area contributed by atoms with Crippen molar-refractivity contribution in [2.45, 2.75) is 74.1 Å². The highest BCUT2D eigenvalue weighted by atomic mass is 16.8. The van der Waals surface area contributed by atoms with E-state index < -0.39 is 66.8 Å². The lowest BCUT2D eigenvalue weighted by Crippen LogP contribution is -2.62. The van der Waals surface area contributed by atoms with Crippen LogP contribution in [0.3, 0.4) is 0 Å². The topological polar surface area (TPSA) is 186 Å². The van der Waals surface area contributed by atoms with Gasteiger partial charge in [0.2, 0.25) is 6.29 Å². The van der Waals surface area contributed by atoms with E-state index in [1.807, 2.05) is 0 Å². The van der Waals surface area contributed by atoms with Crippen LogP contribution < -0.4 is 0 Å². The van der Waals surface area contributed by atoms with Gasteiger partial charge < -0.3 is 50.0 Å². The number of carbonyl (C=O) groups excluding carboxylic acids is 1. The molecule has 0 amide bonds. The van der Waals surface area contributed by atoms with Crippen LogP contribution in [0.2, 0.25) is 0 Å². The quantitative estimate of drug-likeness (QED) is 0.240. The Hall–Kier alpha value is -1.15. The lowest BCUT2D eigenvalue weighted by molar-refractivity contribution is -0.352. The summed E-state index contributed by atoms with van der Waals surface area (Å²) < 4.78 is 16.1. The molecule has 11 nitrogen and oxygen atoms in total. The highest BCUT2D eigenvalue weighted by Crippen LogP contribution is 2.51. The number of hydrogen-bond acceptors (Lipinski definition) is 11. The fraction of sp³-hybridized carbons (Fsp3) is 0.824. The summed E-state index contributed by atoms with van der Waals surface area (Å²) >= 11 is 0. The van der Waals surface area contributed by atoms with E-state index in [1.165, 1.54) is 6.92 Å². The molecule has 0 aromatic carbocycles. The minimum atomic E-state index is -1.97.